The second-order valence-electron chi connectivity index (χ2n) is 7.34. The minimum Gasteiger partial charge on any atom is -0.335 e. The standard InChI is InChI=1S/C22H22Cl2N4O/c1-15-2-4-16(5-3-15)20-13-21(26-25-20)22(29)28-10-8-27(9-11-28)14-17-6-7-18(23)12-19(17)24/h2-7,12-13H,8-11,14H2,1H3,(H,25,26). The van der Waals surface area contributed by atoms with Crippen LogP contribution in [0.3, 0.4) is 0 Å². The van der Waals surface area contributed by atoms with Crippen LogP contribution in [0.4, 0.5) is 0 Å². The SMILES string of the molecule is Cc1ccc(-c2cc(C(=O)N3CCN(Cc4ccc(Cl)cc4Cl)CC3)[nH]n2)cc1. The van der Waals surface area contributed by atoms with E-state index in [0.29, 0.717) is 28.8 Å². The van der Waals surface area contributed by atoms with E-state index in [9.17, 15) is 4.79 Å². The van der Waals surface area contributed by atoms with Gasteiger partial charge in [0, 0.05) is 48.3 Å². The van der Waals surface area contributed by atoms with Crippen LogP contribution < -0.4 is 0 Å². The lowest BCUT2D eigenvalue weighted by atomic mass is 10.1. The van der Waals surface area contributed by atoms with Crippen molar-refractivity contribution >= 4 is 29.1 Å². The summed E-state index contributed by atoms with van der Waals surface area (Å²) in [6.07, 6.45) is 0. The van der Waals surface area contributed by atoms with E-state index in [1.54, 1.807) is 6.07 Å². The molecule has 3 aromatic rings. The van der Waals surface area contributed by atoms with Gasteiger partial charge in [0.05, 0.1) is 5.69 Å². The summed E-state index contributed by atoms with van der Waals surface area (Å²) in [6.45, 7) is 5.72. The Hall–Kier alpha value is -2.34. The molecule has 1 aliphatic heterocycles. The van der Waals surface area contributed by atoms with Crippen molar-refractivity contribution in [2.45, 2.75) is 13.5 Å². The van der Waals surface area contributed by atoms with Gasteiger partial charge in [0.15, 0.2) is 0 Å². The van der Waals surface area contributed by atoms with E-state index < -0.39 is 0 Å². The average Bonchev–Trinajstić information content (AvgIpc) is 3.21. The molecule has 4 rings (SSSR count). The van der Waals surface area contributed by atoms with Crippen molar-refractivity contribution in [3.05, 3.63) is 75.4 Å². The average molecular weight is 429 g/mol. The maximum Gasteiger partial charge on any atom is 0.271 e. The summed E-state index contributed by atoms with van der Waals surface area (Å²) in [7, 11) is 0. The highest BCUT2D eigenvalue weighted by atomic mass is 35.5. The summed E-state index contributed by atoms with van der Waals surface area (Å²) in [5, 5.41) is 8.52. The number of carbonyl (C=O) groups excluding carboxylic acids is 1. The van der Waals surface area contributed by atoms with Crippen molar-refractivity contribution in [1.82, 2.24) is 20.0 Å². The molecule has 29 heavy (non-hydrogen) atoms. The highest BCUT2D eigenvalue weighted by Gasteiger charge is 2.24. The zero-order chi connectivity index (χ0) is 20.4. The Labute approximate surface area is 180 Å². The van der Waals surface area contributed by atoms with E-state index in [2.05, 4.69) is 15.1 Å². The number of aromatic nitrogens is 2. The van der Waals surface area contributed by atoms with Crippen molar-refractivity contribution in [2.24, 2.45) is 0 Å². The molecular weight excluding hydrogens is 407 g/mol. The molecule has 150 valence electrons. The summed E-state index contributed by atoms with van der Waals surface area (Å²) in [5.74, 6) is -0.0139. The van der Waals surface area contributed by atoms with Gasteiger partial charge >= 0.3 is 0 Å². The molecule has 5 nitrogen and oxygen atoms in total. The third-order valence-electron chi connectivity index (χ3n) is 5.22. The summed E-state index contributed by atoms with van der Waals surface area (Å²) in [4.78, 5) is 17.0. The first-order valence-corrected chi connectivity index (χ1v) is 10.3. The van der Waals surface area contributed by atoms with Gasteiger partial charge in [-0.3, -0.25) is 14.8 Å². The number of amides is 1. The van der Waals surface area contributed by atoms with Gasteiger partial charge < -0.3 is 4.90 Å². The van der Waals surface area contributed by atoms with Gasteiger partial charge in [-0.1, -0.05) is 59.1 Å². The second kappa shape index (κ2) is 8.57. The van der Waals surface area contributed by atoms with Crippen LogP contribution in [0.5, 0.6) is 0 Å². The summed E-state index contributed by atoms with van der Waals surface area (Å²) >= 11 is 12.3. The summed E-state index contributed by atoms with van der Waals surface area (Å²) < 4.78 is 0. The first-order valence-electron chi connectivity index (χ1n) is 9.57. The zero-order valence-electron chi connectivity index (χ0n) is 16.2. The molecular formula is C22H22Cl2N4O. The van der Waals surface area contributed by atoms with Crippen LogP contribution in [-0.4, -0.2) is 52.1 Å². The third-order valence-corrected chi connectivity index (χ3v) is 5.81. The molecule has 0 saturated carbocycles. The van der Waals surface area contributed by atoms with Crippen molar-refractivity contribution in [2.75, 3.05) is 26.2 Å². The Morgan fingerprint density at radius 3 is 2.45 bits per heavy atom. The van der Waals surface area contributed by atoms with Crippen molar-refractivity contribution in [3.63, 3.8) is 0 Å². The normalized spacial score (nSPS) is 14.9. The minimum absolute atomic E-state index is 0.0139. The Balaban J connectivity index is 1.36. The number of rotatable bonds is 4. The molecule has 1 aromatic heterocycles. The van der Waals surface area contributed by atoms with Gasteiger partial charge in [-0.2, -0.15) is 5.10 Å². The Morgan fingerprint density at radius 2 is 1.76 bits per heavy atom. The number of hydrogen-bond donors (Lipinski definition) is 1. The lowest BCUT2D eigenvalue weighted by molar-refractivity contribution is 0.0622. The van der Waals surface area contributed by atoms with Gasteiger partial charge in [0.25, 0.3) is 5.91 Å². The molecule has 1 aliphatic rings. The topological polar surface area (TPSA) is 52.2 Å². The molecule has 0 radical (unpaired) electrons. The lowest BCUT2D eigenvalue weighted by Crippen LogP contribution is -2.48. The molecule has 1 amide bonds. The van der Waals surface area contributed by atoms with Gasteiger partial charge in [-0.15, -0.1) is 0 Å². The minimum atomic E-state index is -0.0139. The van der Waals surface area contributed by atoms with Gasteiger partial charge in [-0.25, -0.2) is 0 Å². The maximum absolute atomic E-state index is 12.9. The predicted molar refractivity (Wildman–Crippen MR) is 116 cm³/mol. The number of halogens is 2. The van der Waals surface area contributed by atoms with Crippen molar-refractivity contribution in [1.29, 1.82) is 0 Å². The number of nitrogens with one attached hydrogen (secondary N) is 1. The number of aromatic amines is 1. The number of aryl methyl sites for hydroxylation is 1. The van der Waals surface area contributed by atoms with E-state index in [-0.39, 0.29) is 5.91 Å². The number of piperazine rings is 1. The number of benzene rings is 2. The van der Waals surface area contributed by atoms with E-state index >= 15 is 0 Å². The maximum atomic E-state index is 12.9. The van der Waals surface area contributed by atoms with Crippen LogP contribution in [0.15, 0.2) is 48.5 Å². The Kier molecular flexibility index (Phi) is 5.90. The highest BCUT2D eigenvalue weighted by molar-refractivity contribution is 6.35. The summed E-state index contributed by atoms with van der Waals surface area (Å²) in [5.41, 5.74) is 4.54. The van der Waals surface area contributed by atoms with E-state index in [1.165, 1.54) is 5.56 Å². The molecule has 1 saturated heterocycles. The van der Waals surface area contributed by atoms with E-state index in [4.69, 9.17) is 23.2 Å². The molecule has 0 spiro atoms. The van der Waals surface area contributed by atoms with Crippen LogP contribution in [0.2, 0.25) is 10.0 Å². The first-order chi connectivity index (χ1) is 14.0. The highest BCUT2D eigenvalue weighted by Crippen LogP contribution is 2.23. The van der Waals surface area contributed by atoms with E-state index in [1.807, 2.05) is 54.3 Å². The van der Waals surface area contributed by atoms with Gasteiger partial charge in [0.1, 0.15) is 5.69 Å². The van der Waals surface area contributed by atoms with Gasteiger partial charge in [0.2, 0.25) is 0 Å². The van der Waals surface area contributed by atoms with Crippen molar-refractivity contribution < 1.29 is 4.79 Å². The number of nitrogens with zero attached hydrogens (tertiary/aromatic N) is 3. The lowest BCUT2D eigenvalue weighted by Gasteiger charge is -2.34. The Bertz CT molecular complexity index is 1010. The second-order valence-corrected chi connectivity index (χ2v) is 8.18. The molecule has 7 heteroatoms. The fraction of sp³-hybridized carbons (Fsp3) is 0.273. The number of H-pyrrole nitrogens is 1. The van der Waals surface area contributed by atoms with Crippen LogP contribution in [-0.2, 0) is 6.54 Å². The first kappa shape index (κ1) is 20.0. The van der Waals surface area contributed by atoms with E-state index in [0.717, 1.165) is 36.5 Å². The monoisotopic (exact) mass is 428 g/mol. The Morgan fingerprint density at radius 1 is 1.03 bits per heavy atom. The van der Waals surface area contributed by atoms with Crippen LogP contribution in [0.1, 0.15) is 21.6 Å². The fourth-order valence-corrected chi connectivity index (χ4v) is 3.94. The zero-order valence-corrected chi connectivity index (χ0v) is 17.7. The molecule has 0 unspecified atom stereocenters. The smallest absolute Gasteiger partial charge is 0.271 e. The number of hydrogen-bond acceptors (Lipinski definition) is 3. The largest absolute Gasteiger partial charge is 0.335 e. The quantitative estimate of drug-likeness (QED) is 0.657. The van der Waals surface area contributed by atoms with Crippen LogP contribution in [0, 0.1) is 6.92 Å². The summed E-state index contributed by atoms with van der Waals surface area (Å²) in [6, 6.07) is 15.5. The molecule has 2 heterocycles. The third kappa shape index (κ3) is 4.64. The molecule has 0 bridgehead atoms. The van der Waals surface area contributed by atoms with Crippen LogP contribution in [0.25, 0.3) is 11.3 Å². The fourth-order valence-electron chi connectivity index (χ4n) is 3.47. The van der Waals surface area contributed by atoms with Gasteiger partial charge in [-0.05, 0) is 30.7 Å². The number of carbonyl (C=O) groups is 1. The molecule has 1 fully saturated rings. The van der Waals surface area contributed by atoms with Crippen LogP contribution >= 0.6 is 23.2 Å². The molecule has 1 N–H and O–H groups in total. The molecule has 2 aromatic carbocycles. The molecule has 0 atom stereocenters. The molecule has 0 aliphatic carbocycles. The van der Waals surface area contributed by atoms with Crippen molar-refractivity contribution in [3.8, 4) is 11.3 Å². The predicted octanol–water partition coefficient (Wildman–Crippen LogP) is 4.65.